The van der Waals surface area contributed by atoms with Crippen molar-refractivity contribution in [3.8, 4) is 11.5 Å². The molecule has 1 unspecified atom stereocenters. The molecule has 12 heteroatoms. The Morgan fingerprint density at radius 2 is 1.92 bits per heavy atom. The molecule has 39 heavy (non-hydrogen) atoms. The number of hydrogen-bond acceptors (Lipinski definition) is 9. The zero-order valence-electron chi connectivity index (χ0n) is 22.6. The minimum absolute atomic E-state index is 0.0847. The topological polar surface area (TPSA) is 118 Å². The maximum atomic E-state index is 12.9. The number of likely N-dealkylation sites (N-methyl/N-ethyl adjacent to an activating group) is 1. The molecular weight excluding hydrogens is 540 g/mol. The highest BCUT2D eigenvalue weighted by molar-refractivity contribution is 7.89. The van der Waals surface area contributed by atoms with E-state index in [2.05, 4.69) is 37.1 Å². The molecule has 0 aliphatic carbocycles. The lowest BCUT2D eigenvalue weighted by Gasteiger charge is -2.18. The Morgan fingerprint density at radius 3 is 2.64 bits per heavy atom. The summed E-state index contributed by atoms with van der Waals surface area (Å²) < 4.78 is 40.4. The number of rotatable bonds is 12. The second-order valence-electron chi connectivity index (χ2n) is 9.43. The van der Waals surface area contributed by atoms with Gasteiger partial charge in [-0.3, -0.25) is 4.90 Å². The van der Waals surface area contributed by atoms with E-state index in [0.717, 1.165) is 31.8 Å². The third kappa shape index (κ3) is 7.51. The largest absolute Gasteiger partial charge is 0.492 e. The second-order valence-corrected chi connectivity index (χ2v) is 11.5. The first-order valence-corrected chi connectivity index (χ1v) is 14.9. The summed E-state index contributed by atoms with van der Waals surface area (Å²) in [5.74, 6) is 1.84. The predicted molar refractivity (Wildman–Crippen MR) is 154 cm³/mol. The van der Waals surface area contributed by atoms with Crippen molar-refractivity contribution in [2.45, 2.75) is 51.2 Å². The Labute approximate surface area is 235 Å². The van der Waals surface area contributed by atoms with E-state index in [1.807, 2.05) is 25.1 Å². The third-order valence-electron chi connectivity index (χ3n) is 6.04. The van der Waals surface area contributed by atoms with Crippen molar-refractivity contribution >= 4 is 44.8 Å². The van der Waals surface area contributed by atoms with Gasteiger partial charge in [0.1, 0.15) is 27.5 Å². The molecule has 0 spiro atoms. The monoisotopic (exact) mass is 574 g/mol. The Kier molecular flexibility index (Phi) is 9.49. The van der Waals surface area contributed by atoms with Gasteiger partial charge in [-0.05, 0) is 58.0 Å². The Bertz CT molecular complexity index is 1390. The number of nitrogens with one attached hydrogen (secondary N) is 3. The van der Waals surface area contributed by atoms with Gasteiger partial charge in [-0.2, -0.15) is 4.98 Å². The van der Waals surface area contributed by atoms with Gasteiger partial charge in [0.2, 0.25) is 16.0 Å². The Hall–Kier alpha value is -3.12. The molecule has 2 heterocycles. The minimum Gasteiger partial charge on any atom is -0.492 e. The van der Waals surface area contributed by atoms with Crippen LogP contribution in [0.2, 0.25) is 5.02 Å². The lowest BCUT2D eigenvalue weighted by Crippen LogP contribution is -2.30. The second kappa shape index (κ2) is 12.8. The van der Waals surface area contributed by atoms with Gasteiger partial charge >= 0.3 is 0 Å². The van der Waals surface area contributed by atoms with Crippen molar-refractivity contribution < 1.29 is 17.9 Å². The van der Waals surface area contributed by atoms with E-state index in [4.69, 9.17) is 21.1 Å². The highest BCUT2D eigenvalue weighted by atomic mass is 35.5. The summed E-state index contributed by atoms with van der Waals surface area (Å²) in [7, 11) is -3.76. The third-order valence-corrected chi connectivity index (χ3v) is 8.04. The predicted octanol–water partition coefficient (Wildman–Crippen LogP) is 5.18. The maximum Gasteiger partial charge on any atom is 0.242 e. The molecule has 1 aliphatic rings. The van der Waals surface area contributed by atoms with Gasteiger partial charge in [0, 0.05) is 25.2 Å². The van der Waals surface area contributed by atoms with E-state index < -0.39 is 10.0 Å². The molecule has 0 radical (unpaired) electrons. The molecule has 4 rings (SSSR count). The van der Waals surface area contributed by atoms with Crippen LogP contribution in [-0.4, -0.2) is 61.7 Å². The van der Waals surface area contributed by atoms with E-state index in [0.29, 0.717) is 23.7 Å². The first kappa shape index (κ1) is 28.9. The van der Waals surface area contributed by atoms with Crippen LogP contribution in [0.5, 0.6) is 11.5 Å². The van der Waals surface area contributed by atoms with Crippen LogP contribution in [0.15, 0.2) is 53.6 Å². The van der Waals surface area contributed by atoms with Crippen LogP contribution in [0.25, 0.3) is 0 Å². The molecular formula is C27H35ClN6O4S. The number of halogens is 1. The molecule has 1 aliphatic heterocycles. The number of benzene rings is 2. The van der Waals surface area contributed by atoms with Crippen LogP contribution in [0.4, 0.5) is 23.1 Å². The summed E-state index contributed by atoms with van der Waals surface area (Å²) in [5, 5.41) is 6.46. The molecule has 1 atom stereocenters. The van der Waals surface area contributed by atoms with Crippen LogP contribution < -0.4 is 24.8 Å². The summed E-state index contributed by atoms with van der Waals surface area (Å²) >= 11 is 6.38. The van der Waals surface area contributed by atoms with E-state index in [1.165, 1.54) is 12.3 Å². The maximum absolute atomic E-state index is 12.9. The summed E-state index contributed by atoms with van der Waals surface area (Å²) in [6.45, 7) is 11.0. The number of aromatic nitrogens is 2. The molecule has 3 aromatic rings. The Balaban J connectivity index is 1.55. The first-order valence-electron chi connectivity index (χ1n) is 13.0. The minimum atomic E-state index is -3.76. The molecule has 0 amide bonds. The van der Waals surface area contributed by atoms with Crippen LogP contribution in [-0.2, 0) is 10.0 Å². The van der Waals surface area contributed by atoms with Gasteiger partial charge in [0.25, 0.3) is 0 Å². The standard InChI is InChI=1S/C27H35ClN6O4S/c1-5-34-14-13-20(17-34)38-19-11-12-22(24(15-19)37-6-2)31-27-29-16-21(28)26(32-27)30-23-9-7-8-10-25(23)39(35,36)33-18(3)4/h7-12,15-16,18,20,33H,5-6,13-14,17H2,1-4H3,(H2,29,30,31,32). The molecule has 3 N–H and O–H groups in total. The molecule has 210 valence electrons. The first-order chi connectivity index (χ1) is 18.7. The van der Waals surface area contributed by atoms with Gasteiger partial charge in [-0.25, -0.2) is 18.1 Å². The molecule has 10 nitrogen and oxygen atoms in total. The highest BCUT2D eigenvalue weighted by Crippen LogP contribution is 2.34. The number of para-hydroxylation sites is 1. The summed E-state index contributed by atoms with van der Waals surface area (Å²) in [5.41, 5.74) is 0.991. The fraction of sp³-hybridized carbons (Fsp3) is 0.407. The Morgan fingerprint density at radius 1 is 1.13 bits per heavy atom. The van der Waals surface area contributed by atoms with E-state index >= 15 is 0 Å². The van der Waals surface area contributed by atoms with E-state index in [-0.39, 0.29) is 33.8 Å². The lowest BCUT2D eigenvalue weighted by molar-refractivity contribution is 0.201. The fourth-order valence-corrected chi connectivity index (χ4v) is 5.82. The summed E-state index contributed by atoms with van der Waals surface area (Å²) in [6, 6.07) is 11.9. The molecule has 0 bridgehead atoms. The van der Waals surface area contributed by atoms with E-state index in [9.17, 15) is 8.42 Å². The summed E-state index contributed by atoms with van der Waals surface area (Å²) in [6.07, 6.45) is 2.58. The van der Waals surface area contributed by atoms with Gasteiger partial charge in [-0.15, -0.1) is 0 Å². The molecule has 2 aromatic carbocycles. The normalized spacial score (nSPS) is 15.9. The lowest BCUT2D eigenvalue weighted by atomic mass is 10.2. The zero-order valence-corrected chi connectivity index (χ0v) is 24.1. The van der Waals surface area contributed by atoms with Gasteiger partial charge in [0.05, 0.1) is 24.2 Å². The van der Waals surface area contributed by atoms with Crippen molar-refractivity contribution in [2.24, 2.45) is 0 Å². The average molecular weight is 575 g/mol. The van der Waals surface area contributed by atoms with Crippen LogP contribution >= 0.6 is 11.6 Å². The molecule has 0 saturated carbocycles. The number of anilines is 4. The van der Waals surface area contributed by atoms with Crippen LogP contribution in [0, 0.1) is 0 Å². The SMILES string of the molecule is CCOc1cc(OC2CCN(CC)C2)ccc1Nc1ncc(Cl)c(Nc2ccccc2S(=O)(=O)NC(C)C)n1. The van der Waals surface area contributed by atoms with Crippen LogP contribution in [0.1, 0.15) is 34.1 Å². The van der Waals surface area contributed by atoms with Gasteiger partial charge in [0.15, 0.2) is 5.82 Å². The van der Waals surface area contributed by atoms with Crippen molar-refractivity contribution in [1.82, 2.24) is 19.6 Å². The summed E-state index contributed by atoms with van der Waals surface area (Å²) in [4.78, 5) is 11.2. The van der Waals surface area contributed by atoms with Crippen LogP contribution in [0.3, 0.4) is 0 Å². The zero-order chi connectivity index (χ0) is 28.0. The van der Waals surface area contributed by atoms with Crippen molar-refractivity contribution in [2.75, 3.05) is 36.9 Å². The van der Waals surface area contributed by atoms with Gasteiger partial charge in [-0.1, -0.05) is 30.7 Å². The average Bonchev–Trinajstić information content (AvgIpc) is 3.35. The van der Waals surface area contributed by atoms with Crippen molar-refractivity contribution in [3.63, 3.8) is 0 Å². The van der Waals surface area contributed by atoms with E-state index in [1.54, 1.807) is 32.0 Å². The number of ether oxygens (including phenoxy) is 2. The smallest absolute Gasteiger partial charge is 0.242 e. The highest BCUT2D eigenvalue weighted by Gasteiger charge is 2.23. The number of nitrogens with zero attached hydrogens (tertiary/aromatic N) is 3. The number of likely N-dealkylation sites (tertiary alicyclic amines) is 1. The van der Waals surface area contributed by atoms with Crippen molar-refractivity contribution in [3.05, 3.63) is 53.7 Å². The molecule has 1 saturated heterocycles. The van der Waals surface area contributed by atoms with Gasteiger partial charge < -0.3 is 20.1 Å². The number of hydrogen-bond donors (Lipinski definition) is 3. The number of sulfonamides is 1. The molecule has 1 aromatic heterocycles. The van der Waals surface area contributed by atoms with Crippen molar-refractivity contribution in [1.29, 1.82) is 0 Å². The fourth-order valence-electron chi connectivity index (χ4n) is 4.27. The quantitative estimate of drug-likeness (QED) is 0.269. The molecule has 1 fully saturated rings.